The van der Waals surface area contributed by atoms with Gasteiger partial charge in [0.05, 0.1) is 21.3 Å². The Bertz CT molecular complexity index is 1410. The van der Waals surface area contributed by atoms with Gasteiger partial charge < -0.3 is 18.9 Å². The molecule has 0 amide bonds. The van der Waals surface area contributed by atoms with Crippen molar-refractivity contribution in [3.63, 3.8) is 0 Å². The Balaban J connectivity index is 1.80. The van der Waals surface area contributed by atoms with E-state index >= 15 is 0 Å². The average Bonchev–Trinajstić information content (AvgIpc) is 3.35. The van der Waals surface area contributed by atoms with Crippen LogP contribution in [0.25, 0.3) is 11.3 Å². The summed E-state index contributed by atoms with van der Waals surface area (Å²) in [6, 6.07) is 5.68. The first kappa shape index (κ1) is 30.1. The zero-order chi connectivity index (χ0) is 29.0. The SMILES string of the molecule is CC(=O)OCC1OC(Sc2cncc(Cl)c2)C(OC(C)=O)C(n2cc(-c3ccc(Cl)c(Cl)c3)nn2)C1OC(C)=O. The third-order valence-electron chi connectivity index (χ3n) is 5.63. The summed E-state index contributed by atoms with van der Waals surface area (Å²) in [6.07, 6.45) is 1.51. The van der Waals surface area contributed by atoms with Crippen molar-refractivity contribution in [3.05, 3.63) is 57.9 Å². The molecule has 212 valence electrons. The molecule has 1 aliphatic rings. The van der Waals surface area contributed by atoms with Crippen LogP contribution in [-0.2, 0) is 33.3 Å². The number of hydrogen-bond donors (Lipinski definition) is 0. The summed E-state index contributed by atoms with van der Waals surface area (Å²) < 4.78 is 24.3. The van der Waals surface area contributed by atoms with E-state index in [9.17, 15) is 14.4 Å². The van der Waals surface area contributed by atoms with E-state index in [2.05, 4.69) is 15.3 Å². The van der Waals surface area contributed by atoms with Gasteiger partial charge in [-0.1, -0.05) is 57.8 Å². The first-order valence-corrected chi connectivity index (χ1v) is 13.8. The van der Waals surface area contributed by atoms with E-state index in [1.54, 1.807) is 36.7 Å². The zero-order valence-electron chi connectivity index (χ0n) is 21.3. The summed E-state index contributed by atoms with van der Waals surface area (Å²) in [6.45, 7) is 3.46. The van der Waals surface area contributed by atoms with Crippen molar-refractivity contribution >= 4 is 64.5 Å². The van der Waals surface area contributed by atoms with Crippen LogP contribution in [-0.4, -0.2) is 68.2 Å². The summed E-state index contributed by atoms with van der Waals surface area (Å²) in [5.74, 6) is -1.81. The van der Waals surface area contributed by atoms with E-state index in [0.717, 1.165) is 0 Å². The number of carbonyl (C=O) groups excluding carboxylic acids is 3. The fourth-order valence-corrected chi connectivity index (χ4v) is 5.75. The van der Waals surface area contributed by atoms with E-state index in [4.69, 9.17) is 53.8 Å². The fourth-order valence-electron chi connectivity index (χ4n) is 4.08. The van der Waals surface area contributed by atoms with Crippen molar-refractivity contribution in [2.75, 3.05) is 6.61 Å². The molecule has 0 radical (unpaired) electrons. The van der Waals surface area contributed by atoms with Crippen molar-refractivity contribution < 1.29 is 33.3 Å². The van der Waals surface area contributed by atoms with E-state index in [0.29, 0.717) is 31.2 Å². The van der Waals surface area contributed by atoms with Gasteiger partial charge in [-0.25, -0.2) is 4.68 Å². The fraction of sp³-hybridized carbons (Fsp3) is 0.360. The number of halogens is 3. The Morgan fingerprint density at radius 3 is 2.35 bits per heavy atom. The number of aromatic nitrogens is 4. The number of nitrogens with zero attached hydrogens (tertiary/aromatic N) is 4. The van der Waals surface area contributed by atoms with Gasteiger partial charge in [0, 0.05) is 43.6 Å². The Hall–Kier alpha value is -2.90. The van der Waals surface area contributed by atoms with Crippen LogP contribution in [0.5, 0.6) is 0 Å². The van der Waals surface area contributed by atoms with Crippen molar-refractivity contribution in [1.29, 1.82) is 0 Å². The molecule has 5 atom stereocenters. The number of carbonyl (C=O) groups is 3. The predicted octanol–water partition coefficient (Wildman–Crippen LogP) is 4.79. The Morgan fingerprint density at radius 1 is 0.975 bits per heavy atom. The number of thioether (sulfide) groups is 1. The molecule has 0 saturated carbocycles. The molecule has 40 heavy (non-hydrogen) atoms. The highest BCUT2D eigenvalue weighted by atomic mass is 35.5. The van der Waals surface area contributed by atoms with Crippen molar-refractivity contribution in [2.45, 2.75) is 55.5 Å². The Labute approximate surface area is 248 Å². The number of benzene rings is 1. The summed E-state index contributed by atoms with van der Waals surface area (Å²) in [5, 5.41) is 9.60. The van der Waals surface area contributed by atoms with Crippen LogP contribution in [0.4, 0.5) is 0 Å². The third kappa shape index (κ3) is 7.43. The smallest absolute Gasteiger partial charge is 0.303 e. The quantitative estimate of drug-likeness (QED) is 0.252. The molecule has 1 aliphatic heterocycles. The minimum absolute atomic E-state index is 0.254. The van der Waals surface area contributed by atoms with Gasteiger partial charge in [-0.3, -0.25) is 19.4 Å². The van der Waals surface area contributed by atoms with Crippen LogP contribution >= 0.6 is 46.6 Å². The highest BCUT2D eigenvalue weighted by molar-refractivity contribution is 7.99. The first-order chi connectivity index (χ1) is 19.0. The number of rotatable bonds is 8. The van der Waals surface area contributed by atoms with Crippen LogP contribution in [0.2, 0.25) is 15.1 Å². The monoisotopic (exact) mass is 628 g/mol. The van der Waals surface area contributed by atoms with Crippen LogP contribution in [0, 0.1) is 0 Å². The second-order valence-corrected chi connectivity index (χ2v) is 11.1. The molecule has 11 nitrogen and oxygen atoms in total. The largest absolute Gasteiger partial charge is 0.463 e. The van der Waals surface area contributed by atoms with Crippen LogP contribution in [0.3, 0.4) is 0 Å². The second-order valence-electron chi connectivity index (χ2n) is 8.65. The molecule has 0 bridgehead atoms. The standard InChI is InChI=1S/C25H23Cl3N4O7S/c1-12(33)36-11-21-23(37-13(2)34)22(32-10-20(30-31-32)15-4-5-18(27)19(28)6-15)24(38-14(3)35)25(39-21)40-17-7-16(26)8-29-9-17/h4-10,21-25H,11H2,1-3H3. The number of ether oxygens (including phenoxy) is 4. The van der Waals surface area contributed by atoms with Crippen LogP contribution in [0.1, 0.15) is 26.8 Å². The van der Waals surface area contributed by atoms with Crippen LogP contribution < -0.4 is 0 Å². The molecule has 5 unspecified atom stereocenters. The lowest BCUT2D eigenvalue weighted by Crippen LogP contribution is -2.57. The topological polar surface area (TPSA) is 132 Å². The van der Waals surface area contributed by atoms with Gasteiger partial charge in [0.15, 0.2) is 12.2 Å². The molecular formula is C25H23Cl3N4O7S. The summed E-state index contributed by atoms with van der Waals surface area (Å²) in [7, 11) is 0. The lowest BCUT2D eigenvalue weighted by molar-refractivity contribution is -0.212. The van der Waals surface area contributed by atoms with Crippen molar-refractivity contribution in [2.24, 2.45) is 0 Å². The molecule has 0 aliphatic carbocycles. The maximum atomic E-state index is 12.3. The van der Waals surface area contributed by atoms with Gasteiger partial charge in [0.1, 0.15) is 29.9 Å². The van der Waals surface area contributed by atoms with E-state index in [1.807, 2.05) is 0 Å². The van der Waals surface area contributed by atoms with Gasteiger partial charge in [-0.2, -0.15) is 0 Å². The van der Waals surface area contributed by atoms with Gasteiger partial charge >= 0.3 is 17.9 Å². The second kappa shape index (κ2) is 13.2. The van der Waals surface area contributed by atoms with Gasteiger partial charge in [0.25, 0.3) is 0 Å². The van der Waals surface area contributed by atoms with Crippen molar-refractivity contribution in [3.8, 4) is 11.3 Å². The minimum atomic E-state index is -1.10. The lowest BCUT2D eigenvalue weighted by Gasteiger charge is -2.44. The van der Waals surface area contributed by atoms with Crippen molar-refractivity contribution in [1.82, 2.24) is 20.0 Å². The normalized spacial score (nSPS) is 22.4. The van der Waals surface area contributed by atoms with E-state index < -0.39 is 47.7 Å². The molecule has 3 aromatic rings. The van der Waals surface area contributed by atoms with Crippen LogP contribution in [0.15, 0.2) is 47.8 Å². The average molecular weight is 630 g/mol. The zero-order valence-corrected chi connectivity index (χ0v) is 24.4. The molecule has 1 aromatic carbocycles. The highest BCUT2D eigenvalue weighted by Crippen LogP contribution is 2.41. The molecule has 1 saturated heterocycles. The number of esters is 3. The van der Waals surface area contributed by atoms with E-state index in [-0.39, 0.29) is 6.61 Å². The van der Waals surface area contributed by atoms with Gasteiger partial charge in [0.2, 0.25) is 0 Å². The summed E-state index contributed by atoms with van der Waals surface area (Å²) >= 11 is 19.5. The Morgan fingerprint density at radius 2 is 1.70 bits per heavy atom. The van der Waals surface area contributed by atoms with Gasteiger partial charge in [-0.15, -0.1) is 5.10 Å². The summed E-state index contributed by atoms with van der Waals surface area (Å²) in [5.41, 5.74) is 0.153. The number of pyridine rings is 1. The third-order valence-corrected chi connectivity index (χ3v) is 7.69. The molecule has 1 fully saturated rings. The minimum Gasteiger partial charge on any atom is -0.463 e. The maximum Gasteiger partial charge on any atom is 0.303 e. The van der Waals surface area contributed by atoms with E-state index in [1.165, 1.54) is 43.4 Å². The highest BCUT2D eigenvalue weighted by Gasteiger charge is 2.52. The number of hydrogen-bond acceptors (Lipinski definition) is 11. The molecule has 2 aromatic heterocycles. The molecule has 4 rings (SSSR count). The first-order valence-electron chi connectivity index (χ1n) is 11.8. The maximum absolute atomic E-state index is 12.3. The predicted molar refractivity (Wildman–Crippen MR) is 146 cm³/mol. The van der Waals surface area contributed by atoms with Gasteiger partial charge in [-0.05, 0) is 18.2 Å². The molecule has 0 N–H and O–H groups in total. The molecular weight excluding hydrogens is 607 g/mol. The lowest BCUT2D eigenvalue weighted by atomic mass is 9.96. The summed E-state index contributed by atoms with van der Waals surface area (Å²) in [4.78, 5) is 40.9. The molecule has 3 heterocycles. The Kier molecular flexibility index (Phi) is 9.90. The molecule has 0 spiro atoms. The molecule has 15 heteroatoms.